The van der Waals surface area contributed by atoms with Gasteiger partial charge in [-0.05, 0) is 43.2 Å². The average molecular weight is 444 g/mol. The van der Waals surface area contributed by atoms with Crippen LogP contribution in [0, 0.1) is 11.8 Å². The lowest BCUT2D eigenvalue weighted by Gasteiger charge is -2.23. The Morgan fingerprint density at radius 1 is 0.969 bits per heavy atom. The molecule has 170 valence electrons. The lowest BCUT2D eigenvalue weighted by molar-refractivity contribution is -0.139. The van der Waals surface area contributed by atoms with Gasteiger partial charge in [-0.2, -0.15) is 13.2 Å². The molecule has 0 aliphatic carbocycles. The van der Waals surface area contributed by atoms with Crippen molar-refractivity contribution in [1.29, 1.82) is 0 Å². The van der Waals surface area contributed by atoms with Crippen molar-refractivity contribution >= 4 is 5.91 Å². The van der Waals surface area contributed by atoms with Crippen LogP contribution in [0.25, 0.3) is 0 Å². The summed E-state index contributed by atoms with van der Waals surface area (Å²) >= 11 is 0. The lowest BCUT2D eigenvalue weighted by atomic mass is 10.1. The van der Waals surface area contributed by atoms with Crippen molar-refractivity contribution in [2.45, 2.75) is 45.1 Å². The van der Waals surface area contributed by atoms with Crippen molar-refractivity contribution in [2.75, 3.05) is 19.6 Å². The van der Waals surface area contributed by atoms with Gasteiger partial charge in [0.05, 0.1) is 5.56 Å². The Balaban J connectivity index is 1.62. The molecule has 0 atom stereocenters. The quantitative estimate of drug-likeness (QED) is 0.724. The van der Waals surface area contributed by atoms with Crippen LogP contribution in [0.1, 0.15) is 42.5 Å². The van der Waals surface area contributed by atoms with E-state index in [0.717, 1.165) is 17.2 Å². The van der Waals surface area contributed by atoms with Crippen molar-refractivity contribution in [3.63, 3.8) is 0 Å². The molecule has 0 aromatic heterocycles. The van der Waals surface area contributed by atoms with Crippen molar-refractivity contribution in [3.05, 3.63) is 70.8 Å². The molecule has 0 unspecified atom stereocenters. The first kappa shape index (κ1) is 23.8. The summed E-state index contributed by atoms with van der Waals surface area (Å²) in [6.45, 7) is 5.35. The van der Waals surface area contributed by atoms with E-state index in [9.17, 15) is 23.1 Å². The van der Waals surface area contributed by atoms with Crippen molar-refractivity contribution in [3.8, 4) is 11.8 Å². The summed E-state index contributed by atoms with van der Waals surface area (Å²) in [7, 11) is 0. The SMILES string of the molecule is CC(C)(O)C#Cc1ccc(CN2CCC(=O)N(Cc3ccccc3C(F)(F)F)CC2)cc1. The van der Waals surface area contributed by atoms with E-state index >= 15 is 0 Å². The normalized spacial score (nSPS) is 15.8. The summed E-state index contributed by atoms with van der Waals surface area (Å²) in [5, 5.41) is 9.70. The van der Waals surface area contributed by atoms with Crippen molar-refractivity contribution < 1.29 is 23.1 Å². The summed E-state index contributed by atoms with van der Waals surface area (Å²) < 4.78 is 39.9. The van der Waals surface area contributed by atoms with Gasteiger partial charge >= 0.3 is 6.18 Å². The van der Waals surface area contributed by atoms with Gasteiger partial charge in [0.15, 0.2) is 0 Å². The van der Waals surface area contributed by atoms with Crippen LogP contribution >= 0.6 is 0 Å². The zero-order valence-electron chi connectivity index (χ0n) is 18.2. The van der Waals surface area contributed by atoms with Crippen LogP contribution < -0.4 is 0 Å². The number of hydrogen-bond donors (Lipinski definition) is 1. The Hall–Kier alpha value is -2.82. The molecule has 1 fully saturated rings. The molecule has 7 heteroatoms. The fraction of sp³-hybridized carbons (Fsp3) is 0.400. The first-order valence-corrected chi connectivity index (χ1v) is 10.5. The largest absolute Gasteiger partial charge is 0.416 e. The minimum Gasteiger partial charge on any atom is -0.378 e. The lowest BCUT2D eigenvalue weighted by Crippen LogP contribution is -2.33. The highest BCUT2D eigenvalue weighted by molar-refractivity contribution is 5.76. The second-order valence-corrected chi connectivity index (χ2v) is 8.50. The first-order chi connectivity index (χ1) is 15.0. The summed E-state index contributed by atoms with van der Waals surface area (Å²) in [6.07, 6.45) is -4.18. The number of nitrogens with zero attached hydrogens (tertiary/aromatic N) is 2. The maximum absolute atomic E-state index is 13.3. The van der Waals surface area contributed by atoms with Gasteiger partial charge in [-0.3, -0.25) is 9.69 Å². The molecule has 2 aromatic rings. The van der Waals surface area contributed by atoms with E-state index in [1.165, 1.54) is 17.0 Å². The van der Waals surface area contributed by atoms with E-state index < -0.39 is 17.3 Å². The molecule has 1 aliphatic rings. The maximum atomic E-state index is 13.3. The van der Waals surface area contributed by atoms with Crippen molar-refractivity contribution in [1.82, 2.24) is 9.80 Å². The van der Waals surface area contributed by atoms with Gasteiger partial charge in [0, 0.05) is 44.7 Å². The van der Waals surface area contributed by atoms with E-state index in [1.54, 1.807) is 19.9 Å². The molecule has 1 aliphatic heterocycles. The van der Waals surface area contributed by atoms with Crippen LogP contribution in [-0.4, -0.2) is 46.0 Å². The fourth-order valence-corrected chi connectivity index (χ4v) is 3.55. The van der Waals surface area contributed by atoms with Crippen LogP contribution in [0.15, 0.2) is 48.5 Å². The Morgan fingerprint density at radius 3 is 2.31 bits per heavy atom. The number of alkyl halides is 3. The van der Waals surface area contributed by atoms with Crippen LogP contribution in [0.2, 0.25) is 0 Å². The summed E-state index contributed by atoms with van der Waals surface area (Å²) in [5.41, 5.74) is 0.230. The highest BCUT2D eigenvalue weighted by Crippen LogP contribution is 2.32. The summed E-state index contributed by atoms with van der Waals surface area (Å²) in [5.74, 6) is 5.56. The minimum atomic E-state index is -4.44. The topological polar surface area (TPSA) is 43.8 Å². The molecule has 0 saturated carbocycles. The fourth-order valence-electron chi connectivity index (χ4n) is 3.55. The van der Waals surface area contributed by atoms with Crippen LogP contribution in [-0.2, 0) is 24.1 Å². The molecule has 32 heavy (non-hydrogen) atoms. The van der Waals surface area contributed by atoms with Crippen LogP contribution in [0.4, 0.5) is 13.2 Å². The number of carbonyl (C=O) groups is 1. The zero-order valence-corrected chi connectivity index (χ0v) is 18.2. The predicted octanol–water partition coefficient (Wildman–Crippen LogP) is 4.06. The van der Waals surface area contributed by atoms with E-state index in [-0.39, 0.29) is 24.4 Å². The van der Waals surface area contributed by atoms with Gasteiger partial charge in [0.1, 0.15) is 5.60 Å². The molecule has 0 radical (unpaired) electrons. The summed E-state index contributed by atoms with van der Waals surface area (Å²) in [6, 6.07) is 13.1. The average Bonchev–Trinajstić information content (AvgIpc) is 2.89. The van der Waals surface area contributed by atoms with E-state index in [4.69, 9.17) is 0 Å². The third kappa shape index (κ3) is 6.84. The number of carbonyl (C=O) groups excluding carboxylic acids is 1. The van der Waals surface area contributed by atoms with Crippen LogP contribution in [0.5, 0.6) is 0 Å². The van der Waals surface area contributed by atoms with E-state index in [2.05, 4.69) is 16.7 Å². The van der Waals surface area contributed by atoms with Gasteiger partial charge in [-0.1, -0.05) is 42.2 Å². The molecule has 4 nitrogen and oxygen atoms in total. The predicted molar refractivity (Wildman–Crippen MR) is 116 cm³/mol. The van der Waals surface area contributed by atoms with Gasteiger partial charge in [-0.15, -0.1) is 0 Å². The molecule has 1 heterocycles. The number of halogens is 3. The number of amides is 1. The van der Waals surface area contributed by atoms with Gasteiger partial charge in [0.2, 0.25) is 5.91 Å². The molecule has 2 aromatic carbocycles. The highest BCUT2D eigenvalue weighted by Gasteiger charge is 2.34. The zero-order chi connectivity index (χ0) is 23.4. The Kier molecular flexibility index (Phi) is 7.27. The Labute approximate surface area is 186 Å². The molecule has 1 saturated heterocycles. The molecular weight excluding hydrogens is 417 g/mol. The maximum Gasteiger partial charge on any atom is 0.416 e. The highest BCUT2D eigenvalue weighted by atomic mass is 19.4. The smallest absolute Gasteiger partial charge is 0.378 e. The Morgan fingerprint density at radius 2 is 1.66 bits per heavy atom. The molecule has 3 rings (SSSR count). The van der Waals surface area contributed by atoms with E-state index in [1.807, 2.05) is 24.3 Å². The van der Waals surface area contributed by atoms with Gasteiger partial charge in [-0.25, -0.2) is 0 Å². The molecule has 1 amide bonds. The van der Waals surface area contributed by atoms with Crippen LogP contribution in [0.3, 0.4) is 0 Å². The third-order valence-electron chi connectivity index (χ3n) is 5.24. The second kappa shape index (κ2) is 9.76. The second-order valence-electron chi connectivity index (χ2n) is 8.50. The number of rotatable bonds is 4. The number of benzene rings is 2. The minimum absolute atomic E-state index is 0.0447. The number of hydrogen-bond acceptors (Lipinski definition) is 3. The molecule has 0 bridgehead atoms. The van der Waals surface area contributed by atoms with Crippen molar-refractivity contribution in [2.24, 2.45) is 0 Å². The molecular formula is C25H27F3N2O2. The Bertz CT molecular complexity index is 999. The standard InChI is InChI=1S/C25H27F3N2O2/c1-24(2,32)13-11-19-7-9-20(10-8-19)17-29-14-12-23(31)30(16-15-29)18-21-5-3-4-6-22(21)25(26,27)28/h3-10,32H,12,14-18H2,1-2H3. The van der Waals surface area contributed by atoms with E-state index in [0.29, 0.717) is 26.2 Å². The van der Waals surface area contributed by atoms with Gasteiger partial charge in [0.25, 0.3) is 0 Å². The summed E-state index contributed by atoms with van der Waals surface area (Å²) in [4.78, 5) is 16.2. The monoisotopic (exact) mass is 444 g/mol. The third-order valence-corrected chi connectivity index (χ3v) is 5.24. The molecule has 0 spiro atoms. The first-order valence-electron chi connectivity index (χ1n) is 10.5. The molecule has 1 N–H and O–H groups in total. The number of aliphatic hydroxyl groups is 1. The van der Waals surface area contributed by atoms with Gasteiger partial charge < -0.3 is 10.0 Å².